The SMILES string of the molecule is C#CCC(N)C(=O)N1Cc2ccccc2C[C@H]1C(N)=O. The number of rotatable bonds is 3. The second-order valence-corrected chi connectivity index (χ2v) is 4.87. The molecule has 0 aromatic heterocycles. The second kappa shape index (κ2) is 5.76. The Morgan fingerprint density at radius 2 is 2.05 bits per heavy atom. The number of nitrogens with zero attached hydrogens (tertiary/aromatic N) is 1. The molecule has 5 nitrogen and oxygen atoms in total. The van der Waals surface area contributed by atoms with E-state index in [0.29, 0.717) is 13.0 Å². The average Bonchev–Trinajstić information content (AvgIpc) is 2.45. The van der Waals surface area contributed by atoms with Gasteiger partial charge >= 0.3 is 0 Å². The zero-order valence-corrected chi connectivity index (χ0v) is 11.1. The van der Waals surface area contributed by atoms with Crippen LogP contribution in [0.25, 0.3) is 0 Å². The fraction of sp³-hybridized carbons (Fsp3) is 0.333. The summed E-state index contributed by atoms with van der Waals surface area (Å²) in [5.74, 6) is 1.50. The summed E-state index contributed by atoms with van der Waals surface area (Å²) in [5.41, 5.74) is 13.2. The van der Waals surface area contributed by atoms with Gasteiger partial charge in [-0.25, -0.2) is 0 Å². The molecule has 20 heavy (non-hydrogen) atoms. The summed E-state index contributed by atoms with van der Waals surface area (Å²) in [6.07, 6.45) is 5.73. The number of amides is 2. The minimum absolute atomic E-state index is 0.141. The maximum atomic E-state index is 12.3. The van der Waals surface area contributed by atoms with Gasteiger partial charge in [0.2, 0.25) is 11.8 Å². The summed E-state index contributed by atoms with van der Waals surface area (Å²) in [6, 6.07) is 6.20. The van der Waals surface area contributed by atoms with Crippen molar-refractivity contribution >= 4 is 11.8 Å². The van der Waals surface area contributed by atoms with Crippen LogP contribution in [-0.2, 0) is 22.6 Å². The molecule has 2 rings (SSSR count). The molecule has 0 saturated heterocycles. The van der Waals surface area contributed by atoms with E-state index in [-0.39, 0.29) is 12.3 Å². The fourth-order valence-corrected chi connectivity index (χ4v) is 2.44. The highest BCUT2D eigenvalue weighted by Crippen LogP contribution is 2.23. The Hall–Kier alpha value is -2.32. The number of carbonyl (C=O) groups excluding carboxylic acids is 2. The fourth-order valence-electron chi connectivity index (χ4n) is 2.44. The van der Waals surface area contributed by atoms with Crippen LogP contribution in [0.4, 0.5) is 0 Å². The Balaban J connectivity index is 2.29. The Morgan fingerprint density at radius 1 is 1.40 bits per heavy atom. The van der Waals surface area contributed by atoms with E-state index in [4.69, 9.17) is 17.9 Å². The van der Waals surface area contributed by atoms with Gasteiger partial charge in [-0.05, 0) is 11.1 Å². The van der Waals surface area contributed by atoms with E-state index >= 15 is 0 Å². The van der Waals surface area contributed by atoms with E-state index in [1.54, 1.807) is 0 Å². The zero-order valence-electron chi connectivity index (χ0n) is 11.1. The topological polar surface area (TPSA) is 89.4 Å². The molecule has 1 aliphatic heterocycles. The van der Waals surface area contributed by atoms with Gasteiger partial charge in [-0.1, -0.05) is 24.3 Å². The van der Waals surface area contributed by atoms with Gasteiger partial charge < -0.3 is 16.4 Å². The lowest BCUT2D eigenvalue weighted by Crippen LogP contribution is -2.55. The van der Waals surface area contributed by atoms with Crippen molar-refractivity contribution in [2.75, 3.05) is 0 Å². The van der Waals surface area contributed by atoms with Crippen molar-refractivity contribution in [1.29, 1.82) is 0 Å². The first-order chi connectivity index (χ1) is 9.54. The Kier molecular flexibility index (Phi) is 4.06. The first-order valence-electron chi connectivity index (χ1n) is 6.40. The lowest BCUT2D eigenvalue weighted by molar-refractivity contribution is -0.141. The van der Waals surface area contributed by atoms with Gasteiger partial charge in [0.25, 0.3) is 0 Å². The maximum absolute atomic E-state index is 12.3. The summed E-state index contributed by atoms with van der Waals surface area (Å²) in [7, 11) is 0. The molecule has 0 radical (unpaired) electrons. The van der Waals surface area contributed by atoms with Crippen LogP contribution >= 0.6 is 0 Å². The number of nitrogens with two attached hydrogens (primary N) is 2. The van der Waals surface area contributed by atoms with Crippen molar-refractivity contribution in [3.05, 3.63) is 35.4 Å². The number of terminal acetylenes is 1. The van der Waals surface area contributed by atoms with Gasteiger partial charge in [0.05, 0.1) is 6.04 Å². The number of hydrogen-bond donors (Lipinski definition) is 2. The van der Waals surface area contributed by atoms with E-state index in [9.17, 15) is 9.59 Å². The smallest absolute Gasteiger partial charge is 0.241 e. The monoisotopic (exact) mass is 271 g/mol. The van der Waals surface area contributed by atoms with Crippen LogP contribution in [0.3, 0.4) is 0 Å². The molecule has 2 atom stereocenters. The quantitative estimate of drug-likeness (QED) is 0.745. The number of benzene rings is 1. The van der Waals surface area contributed by atoms with Crippen molar-refractivity contribution in [3.8, 4) is 12.3 Å². The molecule has 1 unspecified atom stereocenters. The van der Waals surface area contributed by atoms with Crippen molar-refractivity contribution < 1.29 is 9.59 Å². The van der Waals surface area contributed by atoms with E-state index in [2.05, 4.69) is 5.92 Å². The highest BCUT2D eigenvalue weighted by Gasteiger charge is 2.35. The molecule has 1 aromatic carbocycles. The summed E-state index contributed by atoms with van der Waals surface area (Å²) in [5, 5.41) is 0. The minimum Gasteiger partial charge on any atom is -0.368 e. The molecule has 1 aromatic rings. The van der Waals surface area contributed by atoms with Crippen LogP contribution in [0.5, 0.6) is 0 Å². The molecule has 1 aliphatic rings. The maximum Gasteiger partial charge on any atom is 0.241 e. The summed E-state index contributed by atoms with van der Waals surface area (Å²) >= 11 is 0. The van der Waals surface area contributed by atoms with Gasteiger partial charge in [0, 0.05) is 19.4 Å². The van der Waals surface area contributed by atoms with Crippen LogP contribution in [0.15, 0.2) is 24.3 Å². The molecule has 0 fully saturated rings. The number of primary amides is 1. The van der Waals surface area contributed by atoms with Crippen LogP contribution < -0.4 is 11.5 Å². The van der Waals surface area contributed by atoms with Crippen molar-refractivity contribution in [2.45, 2.75) is 31.5 Å². The van der Waals surface area contributed by atoms with Gasteiger partial charge in [-0.15, -0.1) is 12.3 Å². The zero-order chi connectivity index (χ0) is 14.7. The Morgan fingerprint density at radius 3 is 2.65 bits per heavy atom. The predicted molar refractivity (Wildman–Crippen MR) is 75.1 cm³/mol. The van der Waals surface area contributed by atoms with Crippen molar-refractivity contribution in [3.63, 3.8) is 0 Å². The lowest BCUT2D eigenvalue weighted by atomic mass is 9.93. The van der Waals surface area contributed by atoms with E-state index < -0.39 is 18.0 Å². The van der Waals surface area contributed by atoms with Gasteiger partial charge in [-0.2, -0.15) is 0 Å². The molecule has 2 amide bonds. The van der Waals surface area contributed by atoms with Crippen molar-refractivity contribution in [1.82, 2.24) is 4.90 Å². The van der Waals surface area contributed by atoms with Crippen LogP contribution in [0.2, 0.25) is 0 Å². The van der Waals surface area contributed by atoms with Crippen LogP contribution in [0, 0.1) is 12.3 Å². The van der Waals surface area contributed by atoms with Crippen molar-refractivity contribution in [2.24, 2.45) is 11.5 Å². The average molecular weight is 271 g/mol. The van der Waals surface area contributed by atoms with E-state index in [0.717, 1.165) is 11.1 Å². The third kappa shape index (κ3) is 2.65. The molecule has 0 saturated carbocycles. The Bertz CT molecular complexity index is 577. The minimum atomic E-state index is -0.799. The molecular formula is C15H17N3O2. The normalized spacial score (nSPS) is 18.8. The summed E-state index contributed by atoms with van der Waals surface area (Å²) < 4.78 is 0. The lowest BCUT2D eigenvalue weighted by Gasteiger charge is -2.36. The highest BCUT2D eigenvalue weighted by molar-refractivity contribution is 5.89. The van der Waals surface area contributed by atoms with E-state index in [1.165, 1.54) is 4.90 Å². The van der Waals surface area contributed by atoms with Gasteiger partial charge in [0.15, 0.2) is 0 Å². The van der Waals surface area contributed by atoms with E-state index in [1.807, 2.05) is 24.3 Å². The first-order valence-corrected chi connectivity index (χ1v) is 6.40. The molecule has 0 aliphatic carbocycles. The third-order valence-corrected chi connectivity index (χ3v) is 3.52. The Labute approximate surface area is 117 Å². The van der Waals surface area contributed by atoms with Gasteiger partial charge in [0.1, 0.15) is 6.04 Å². The third-order valence-electron chi connectivity index (χ3n) is 3.52. The van der Waals surface area contributed by atoms with Gasteiger partial charge in [-0.3, -0.25) is 9.59 Å². The first kappa shape index (κ1) is 14.1. The molecule has 0 spiro atoms. The number of fused-ring (bicyclic) bond motifs is 1. The number of carbonyl (C=O) groups is 2. The molecule has 5 heteroatoms. The molecule has 0 bridgehead atoms. The summed E-state index contributed by atoms with van der Waals surface area (Å²) in [4.78, 5) is 25.4. The molecule has 4 N–H and O–H groups in total. The summed E-state index contributed by atoms with van der Waals surface area (Å²) in [6.45, 7) is 0.334. The molecule has 104 valence electrons. The highest BCUT2D eigenvalue weighted by atomic mass is 16.2. The molecule has 1 heterocycles. The molecular weight excluding hydrogens is 254 g/mol. The predicted octanol–water partition coefficient (Wildman–Crippen LogP) is -0.224. The van der Waals surface area contributed by atoms with Crippen LogP contribution in [0.1, 0.15) is 17.5 Å². The van der Waals surface area contributed by atoms with Crippen LogP contribution in [-0.4, -0.2) is 28.8 Å². The largest absolute Gasteiger partial charge is 0.368 e. The standard InChI is InChI=1S/C15H17N3O2/c1-2-5-12(16)15(20)18-9-11-7-4-3-6-10(11)8-13(18)14(17)19/h1,3-4,6-7,12-13H,5,8-9,16H2,(H2,17,19)/t12?,13-/m0/s1. The number of hydrogen-bond acceptors (Lipinski definition) is 3. The second-order valence-electron chi connectivity index (χ2n) is 4.87.